The zero-order valence-electron chi connectivity index (χ0n) is 3.92. The minimum atomic E-state index is -1.82. The second-order valence-electron chi connectivity index (χ2n) is 0.610. The molecule has 0 bridgehead atoms. The van der Waals surface area contributed by atoms with Gasteiger partial charge in [0, 0.05) is 23.1 Å². The molecule has 0 spiro atoms. The summed E-state index contributed by atoms with van der Waals surface area (Å²) < 4.78 is 0. The molecule has 0 aromatic carbocycles. The highest BCUT2D eigenvalue weighted by molar-refractivity contribution is 6.27. The molecule has 0 heterocycles. The number of carboxylic acid groups (broad SMARTS) is 2. The lowest BCUT2D eigenvalue weighted by atomic mass is 10.7. The van der Waals surface area contributed by atoms with Crippen molar-refractivity contribution < 1.29 is 25.3 Å². The van der Waals surface area contributed by atoms with Gasteiger partial charge in [-0.1, -0.05) is 0 Å². The van der Waals surface area contributed by atoms with E-state index in [4.69, 9.17) is 19.8 Å². The van der Waals surface area contributed by atoms with Crippen LogP contribution >= 0.6 is 0 Å². The first-order chi connectivity index (χ1) is 2.64. The van der Waals surface area contributed by atoms with E-state index >= 15 is 0 Å². The van der Waals surface area contributed by atoms with Gasteiger partial charge in [0.15, 0.2) is 0 Å². The van der Waals surface area contributed by atoms with E-state index < -0.39 is 11.9 Å². The summed E-state index contributed by atoms with van der Waals surface area (Å²) >= 11 is 0. The molecule has 0 amide bonds. The summed E-state index contributed by atoms with van der Waals surface area (Å²) in [5.41, 5.74) is 0. The highest BCUT2D eigenvalue weighted by Crippen LogP contribution is 1.56. The van der Waals surface area contributed by atoms with Gasteiger partial charge in [-0.25, -0.2) is 9.59 Å². The van der Waals surface area contributed by atoms with Crippen LogP contribution in [0, 0.1) is 0 Å². The molecule has 0 atom stereocenters. The van der Waals surface area contributed by atoms with Crippen LogP contribution in [0.15, 0.2) is 0 Å². The summed E-state index contributed by atoms with van der Waals surface area (Å²) in [6.45, 7) is 0. The van der Waals surface area contributed by atoms with E-state index in [1.165, 1.54) is 0 Å². The molecule has 0 aliphatic heterocycles. The molecule has 4 N–H and O–H groups in total. The topological polar surface area (TPSA) is 106 Å². The first-order valence-electron chi connectivity index (χ1n) is 1.11. The van der Waals surface area contributed by atoms with Crippen LogP contribution in [-0.2, 0) is 9.59 Å². The monoisotopic (exact) mass is 132 g/mol. The molecule has 0 saturated carbocycles. The Bertz CT molecular complexity index is 76.4. The Kier molecular flexibility index (Phi) is 13.0. The maximum Gasteiger partial charge on any atom is 0.414 e. The molecule has 5 nitrogen and oxygen atoms in total. The fraction of sp³-hybridized carbons (Fsp3) is 0. The summed E-state index contributed by atoms with van der Waals surface area (Å²) in [7, 11) is 0. The van der Waals surface area contributed by atoms with Crippen LogP contribution in [0.3, 0.4) is 0 Å². The van der Waals surface area contributed by atoms with Crippen molar-refractivity contribution in [2.24, 2.45) is 0 Å². The maximum absolute atomic E-state index is 9.10. The van der Waals surface area contributed by atoms with Crippen molar-refractivity contribution in [2.75, 3.05) is 0 Å². The molecule has 44 valence electrons. The minimum Gasteiger partial charge on any atom is -0.473 e. The number of rotatable bonds is 0. The van der Waals surface area contributed by atoms with Crippen molar-refractivity contribution >= 4 is 35.0 Å². The number of carbonyl (C=O) groups is 2. The molecule has 0 saturated heterocycles. The Morgan fingerprint density at radius 1 is 1.00 bits per heavy atom. The smallest absolute Gasteiger partial charge is 0.414 e. The number of hydrogen-bond acceptors (Lipinski definition) is 2. The Hall–Kier alpha value is -0.334. The van der Waals surface area contributed by atoms with Gasteiger partial charge in [-0.05, 0) is 0 Å². The lowest BCUT2D eigenvalue weighted by Gasteiger charge is -1.72. The summed E-state index contributed by atoms with van der Waals surface area (Å²) in [6.07, 6.45) is 0. The predicted molar refractivity (Wildman–Crippen MR) is 24.6 cm³/mol. The van der Waals surface area contributed by atoms with Gasteiger partial charge in [0.25, 0.3) is 0 Å². The second-order valence-corrected chi connectivity index (χ2v) is 0.610. The van der Waals surface area contributed by atoms with E-state index in [1.54, 1.807) is 0 Å². The van der Waals surface area contributed by atoms with Gasteiger partial charge in [0.2, 0.25) is 0 Å². The van der Waals surface area contributed by atoms with Gasteiger partial charge < -0.3 is 15.7 Å². The summed E-state index contributed by atoms with van der Waals surface area (Å²) in [5, 5.41) is 14.8. The molecule has 2 radical (unpaired) electrons. The first-order valence-corrected chi connectivity index (χ1v) is 1.11. The van der Waals surface area contributed by atoms with Gasteiger partial charge in [-0.15, -0.1) is 0 Å². The number of aliphatic carboxylic acids is 2. The van der Waals surface area contributed by atoms with Crippen LogP contribution in [0.25, 0.3) is 0 Å². The van der Waals surface area contributed by atoms with Gasteiger partial charge in [0.1, 0.15) is 0 Å². The van der Waals surface area contributed by atoms with Crippen molar-refractivity contribution in [3.8, 4) is 0 Å². The zero-order chi connectivity index (χ0) is 5.15. The molecule has 0 rings (SSSR count). The van der Waals surface area contributed by atoms with Gasteiger partial charge in [-0.2, -0.15) is 0 Å². The number of hydrogen-bond donors (Lipinski definition) is 2. The summed E-state index contributed by atoms with van der Waals surface area (Å²) in [4.78, 5) is 18.2. The molecule has 0 aliphatic rings. The third-order valence-corrected chi connectivity index (χ3v) is 0.183. The first kappa shape index (κ1) is 15.6. The summed E-state index contributed by atoms with van der Waals surface area (Å²) in [6, 6.07) is 0. The molecular formula is C2H4MgO5. The summed E-state index contributed by atoms with van der Waals surface area (Å²) in [5.74, 6) is -3.65. The maximum atomic E-state index is 9.10. The standard InChI is InChI=1S/C2H2O4.Mg.H2O/c3-1(4)2(5)6;;/h(H,3,4)(H,5,6);;1H2. The molecule has 6 heteroatoms. The lowest BCUT2D eigenvalue weighted by Crippen LogP contribution is -2.09. The van der Waals surface area contributed by atoms with Crippen molar-refractivity contribution in [1.29, 1.82) is 0 Å². The molecule has 0 fully saturated rings. The number of carboxylic acids is 2. The highest BCUT2D eigenvalue weighted by atomic mass is 24.3. The Morgan fingerprint density at radius 2 is 1.12 bits per heavy atom. The van der Waals surface area contributed by atoms with Crippen LogP contribution in [0.5, 0.6) is 0 Å². The molecule has 0 aromatic rings. The fourth-order valence-electron chi connectivity index (χ4n) is 0. The van der Waals surface area contributed by atoms with E-state index in [1.807, 2.05) is 0 Å². The Labute approximate surface area is 60.8 Å². The van der Waals surface area contributed by atoms with Crippen molar-refractivity contribution in [3.63, 3.8) is 0 Å². The normalized spacial score (nSPS) is 5.50. The van der Waals surface area contributed by atoms with Crippen LogP contribution in [0.4, 0.5) is 0 Å². The quantitative estimate of drug-likeness (QED) is 0.292. The SMILES string of the molecule is O.O=C(O)C(=O)O.[Mg]. The largest absolute Gasteiger partial charge is 0.473 e. The average Bonchev–Trinajstić information content (AvgIpc) is 1.36. The van der Waals surface area contributed by atoms with E-state index in [2.05, 4.69) is 0 Å². The van der Waals surface area contributed by atoms with E-state index in [9.17, 15) is 0 Å². The molecule has 0 aromatic heterocycles. The molecule has 0 unspecified atom stereocenters. The average molecular weight is 132 g/mol. The van der Waals surface area contributed by atoms with Crippen molar-refractivity contribution in [3.05, 3.63) is 0 Å². The van der Waals surface area contributed by atoms with Crippen molar-refractivity contribution in [2.45, 2.75) is 0 Å². The van der Waals surface area contributed by atoms with Gasteiger partial charge >= 0.3 is 11.9 Å². The van der Waals surface area contributed by atoms with E-state index in [0.29, 0.717) is 0 Å². The second kappa shape index (κ2) is 6.67. The third-order valence-electron chi connectivity index (χ3n) is 0.183. The van der Waals surface area contributed by atoms with Crippen LogP contribution in [0.2, 0.25) is 0 Å². The molecular weight excluding hydrogens is 128 g/mol. The van der Waals surface area contributed by atoms with Crippen LogP contribution in [0.1, 0.15) is 0 Å². The van der Waals surface area contributed by atoms with Gasteiger partial charge in [0.05, 0.1) is 0 Å². The van der Waals surface area contributed by atoms with Gasteiger partial charge in [-0.3, -0.25) is 0 Å². The van der Waals surface area contributed by atoms with E-state index in [-0.39, 0.29) is 28.5 Å². The Morgan fingerprint density at radius 3 is 1.12 bits per heavy atom. The molecule has 0 aliphatic carbocycles. The van der Waals surface area contributed by atoms with Crippen LogP contribution < -0.4 is 0 Å². The van der Waals surface area contributed by atoms with Crippen molar-refractivity contribution in [1.82, 2.24) is 0 Å². The molecule has 8 heavy (non-hydrogen) atoms. The predicted octanol–water partition coefficient (Wildman–Crippen LogP) is -2.05. The highest BCUT2D eigenvalue weighted by Gasteiger charge is 2.04. The third kappa shape index (κ3) is 9.18. The Balaban J connectivity index is -0.000000125. The van der Waals surface area contributed by atoms with E-state index in [0.717, 1.165) is 0 Å². The van der Waals surface area contributed by atoms with Crippen LogP contribution in [-0.4, -0.2) is 50.7 Å². The zero-order valence-corrected chi connectivity index (χ0v) is 5.33. The minimum absolute atomic E-state index is 0. The fourth-order valence-corrected chi connectivity index (χ4v) is 0. The lowest BCUT2D eigenvalue weighted by molar-refractivity contribution is -0.159.